The van der Waals surface area contributed by atoms with Crippen molar-refractivity contribution in [2.45, 2.75) is 45.6 Å². The van der Waals surface area contributed by atoms with E-state index in [1.807, 2.05) is 6.07 Å². The van der Waals surface area contributed by atoms with Gasteiger partial charge in [-0.1, -0.05) is 26.2 Å². The van der Waals surface area contributed by atoms with Crippen molar-refractivity contribution in [3.8, 4) is 0 Å². The van der Waals surface area contributed by atoms with Gasteiger partial charge in [-0.2, -0.15) is 0 Å². The number of ether oxygens (including phenoxy) is 1. The summed E-state index contributed by atoms with van der Waals surface area (Å²) in [5, 5.41) is 3.52. The molecule has 0 amide bonds. The van der Waals surface area contributed by atoms with E-state index in [1.165, 1.54) is 32.8 Å². The Morgan fingerprint density at radius 3 is 2.90 bits per heavy atom. The third kappa shape index (κ3) is 3.63. The highest BCUT2D eigenvalue weighted by Crippen LogP contribution is 2.29. The second kappa shape index (κ2) is 6.93. The lowest BCUT2D eigenvalue weighted by atomic mass is 9.80. The summed E-state index contributed by atoms with van der Waals surface area (Å²) in [5.74, 6) is 2.17. The van der Waals surface area contributed by atoms with E-state index in [9.17, 15) is 4.79 Å². The van der Waals surface area contributed by atoms with Crippen molar-refractivity contribution in [3.05, 3.63) is 23.7 Å². The van der Waals surface area contributed by atoms with Crippen LogP contribution in [0.3, 0.4) is 0 Å². The molecule has 3 atom stereocenters. The molecule has 1 aromatic rings. The zero-order valence-electron chi connectivity index (χ0n) is 12.6. The van der Waals surface area contributed by atoms with Gasteiger partial charge in [0, 0.05) is 0 Å². The maximum absolute atomic E-state index is 11.4. The summed E-state index contributed by atoms with van der Waals surface area (Å²) >= 11 is 0. The number of carbonyl (C=O) groups excluding carboxylic acids is 1. The number of hydrogen-bond acceptors (Lipinski definition) is 4. The van der Waals surface area contributed by atoms with E-state index in [-0.39, 0.29) is 11.8 Å². The SMILES string of the molecule is COC(=O)c1ccc(C(C)NCC2CCCCC2C)o1. The van der Waals surface area contributed by atoms with Gasteiger partial charge in [0.2, 0.25) is 5.76 Å². The summed E-state index contributed by atoms with van der Waals surface area (Å²) in [7, 11) is 1.36. The van der Waals surface area contributed by atoms with E-state index >= 15 is 0 Å². The molecule has 0 aliphatic heterocycles. The van der Waals surface area contributed by atoms with Gasteiger partial charge in [-0.3, -0.25) is 0 Å². The van der Waals surface area contributed by atoms with Crippen molar-refractivity contribution in [1.29, 1.82) is 0 Å². The van der Waals surface area contributed by atoms with Gasteiger partial charge in [0.1, 0.15) is 5.76 Å². The molecule has 112 valence electrons. The summed E-state index contributed by atoms with van der Waals surface area (Å²) in [5.41, 5.74) is 0. The molecule has 20 heavy (non-hydrogen) atoms. The van der Waals surface area contributed by atoms with Crippen LogP contribution in [-0.4, -0.2) is 19.6 Å². The van der Waals surface area contributed by atoms with Crippen molar-refractivity contribution in [2.24, 2.45) is 11.8 Å². The molecule has 0 radical (unpaired) electrons. The molecule has 0 spiro atoms. The molecule has 4 nitrogen and oxygen atoms in total. The van der Waals surface area contributed by atoms with Gasteiger partial charge in [0.15, 0.2) is 0 Å². The molecule has 1 aliphatic carbocycles. The fourth-order valence-electron chi connectivity index (χ4n) is 2.92. The van der Waals surface area contributed by atoms with E-state index in [4.69, 9.17) is 4.42 Å². The number of hydrogen-bond donors (Lipinski definition) is 1. The number of nitrogens with one attached hydrogen (secondary N) is 1. The Morgan fingerprint density at radius 1 is 1.45 bits per heavy atom. The Labute approximate surface area is 120 Å². The van der Waals surface area contributed by atoms with Crippen LogP contribution in [0.4, 0.5) is 0 Å². The fourth-order valence-corrected chi connectivity index (χ4v) is 2.92. The molecule has 2 rings (SSSR count). The predicted molar refractivity (Wildman–Crippen MR) is 77.6 cm³/mol. The molecule has 1 aliphatic rings. The van der Waals surface area contributed by atoms with Gasteiger partial charge in [-0.25, -0.2) is 4.79 Å². The van der Waals surface area contributed by atoms with Crippen LogP contribution in [0.25, 0.3) is 0 Å². The highest BCUT2D eigenvalue weighted by molar-refractivity contribution is 5.86. The monoisotopic (exact) mass is 279 g/mol. The Balaban J connectivity index is 1.86. The van der Waals surface area contributed by atoms with Crippen molar-refractivity contribution in [2.75, 3.05) is 13.7 Å². The molecule has 1 fully saturated rings. The van der Waals surface area contributed by atoms with Crippen LogP contribution in [0.2, 0.25) is 0 Å². The largest absolute Gasteiger partial charge is 0.463 e. The van der Waals surface area contributed by atoms with Crippen LogP contribution < -0.4 is 5.32 Å². The lowest BCUT2D eigenvalue weighted by Crippen LogP contribution is -2.30. The molecule has 1 N–H and O–H groups in total. The quantitative estimate of drug-likeness (QED) is 0.838. The molecule has 0 aromatic carbocycles. The molecular formula is C16H25NO3. The van der Waals surface area contributed by atoms with Crippen molar-refractivity contribution in [3.63, 3.8) is 0 Å². The number of esters is 1. The van der Waals surface area contributed by atoms with Gasteiger partial charge in [0.25, 0.3) is 0 Å². The van der Waals surface area contributed by atoms with Crippen LogP contribution in [0.15, 0.2) is 16.5 Å². The zero-order valence-corrected chi connectivity index (χ0v) is 12.6. The van der Waals surface area contributed by atoms with Gasteiger partial charge < -0.3 is 14.5 Å². The summed E-state index contributed by atoms with van der Waals surface area (Å²) < 4.78 is 10.2. The van der Waals surface area contributed by atoms with E-state index in [2.05, 4.69) is 23.9 Å². The van der Waals surface area contributed by atoms with Gasteiger partial charge in [-0.05, 0) is 43.9 Å². The standard InChI is InChI=1S/C16H25NO3/c1-11-6-4-5-7-13(11)10-17-12(2)14-8-9-15(20-14)16(18)19-3/h8-9,11-13,17H,4-7,10H2,1-3H3. The van der Waals surface area contributed by atoms with Crippen LogP contribution >= 0.6 is 0 Å². The van der Waals surface area contributed by atoms with Crippen molar-refractivity contribution < 1.29 is 13.9 Å². The second-order valence-corrected chi connectivity index (χ2v) is 5.85. The van der Waals surface area contributed by atoms with Crippen LogP contribution in [0.1, 0.15) is 61.9 Å². The topological polar surface area (TPSA) is 51.5 Å². The molecule has 4 heteroatoms. The van der Waals surface area contributed by atoms with Crippen molar-refractivity contribution >= 4 is 5.97 Å². The highest BCUT2D eigenvalue weighted by atomic mass is 16.5. The van der Waals surface area contributed by atoms with Gasteiger partial charge in [0.05, 0.1) is 13.2 Å². The normalized spacial score (nSPS) is 24.4. The average molecular weight is 279 g/mol. The minimum Gasteiger partial charge on any atom is -0.463 e. The second-order valence-electron chi connectivity index (χ2n) is 5.85. The molecular weight excluding hydrogens is 254 g/mol. The van der Waals surface area contributed by atoms with E-state index in [0.717, 1.165) is 24.1 Å². The van der Waals surface area contributed by atoms with E-state index in [1.54, 1.807) is 6.07 Å². The lowest BCUT2D eigenvalue weighted by Gasteiger charge is -2.29. The van der Waals surface area contributed by atoms with Crippen molar-refractivity contribution in [1.82, 2.24) is 5.32 Å². The molecule has 1 aromatic heterocycles. The fraction of sp³-hybridized carbons (Fsp3) is 0.688. The summed E-state index contributed by atoms with van der Waals surface area (Å²) in [6.07, 6.45) is 5.37. The summed E-state index contributed by atoms with van der Waals surface area (Å²) in [6.45, 7) is 5.42. The number of methoxy groups -OCH3 is 1. The smallest absolute Gasteiger partial charge is 0.373 e. The molecule has 0 saturated heterocycles. The number of furan rings is 1. The molecule has 1 heterocycles. The Bertz CT molecular complexity index is 441. The summed E-state index contributed by atoms with van der Waals surface area (Å²) in [6, 6.07) is 3.62. The lowest BCUT2D eigenvalue weighted by molar-refractivity contribution is 0.0562. The maximum Gasteiger partial charge on any atom is 0.373 e. The third-order valence-electron chi connectivity index (χ3n) is 4.42. The van der Waals surface area contributed by atoms with E-state index in [0.29, 0.717) is 0 Å². The Hall–Kier alpha value is -1.29. The summed E-state index contributed by atoms with van der Waals surface area (Å²) in [4.78, 5) is 11.4. The Kier molecular flexibility index (Phi) is 5.24. The maximum atomic E-state index is 11.4. The predicted octanol–water partition coefficient (Wildman–Crippen LogP) is 3.54. The van der Waals surface area contributed by atoms with Crippen LogP contribution in [0, 0.1) is 11.8 Å². The van der Waals surface area contributed by atoms with Gasteiger partial charge >= 0.3 is 5.97 Å². The first-order chi connectivity index (χ1) is 9.61. The number of carbonyl (C=O) groups is 1. The minimum absolute atomic E-state index is 0.113. The number of rotatable bonds is 5. The average Bonchev–Trinajstić information content (AvgIpc) is 2.95. The van der Waals surface area contributed by atoms with E-state index < -0.39 is 5.97 Å². The first kappa shape index (κ1) is 15.1. The third-order valence-corrected chi connectivity index (χ3v) is 4.42. The van der Waals surface area contributed by atoms with Crippen LogP contribution in [0.5, 0.6) is 0 Å². The zero-order chi connectivity index (χ0) is 14.5. The van der Waals surface area contributed by atoms with Gasteiger partial charge in [-0.15, -0.1) is 0 Å². The highest BCUT2D eigenvalue weighted by Gasteiger charge is 2.22. The molecule has 3 unspecified atom stereocenters. The minimum atomic E-state index is -0.427. The Morgan fingerprint density at radius 2 is 2.20 bits per heavy atom. The molecule has 1 saturated carbocycles. The molecule has 0 bridgehead atoms. The first-order valence-electron chi connectivity index (χ1n) is 7.53. The first-order valence-corrected chi connectivity index (χ1v) is 7.53. The van der Waals surface area contributed by atoms with Crippen LogP contribution in [-0.2, 0) is 4.74 Å².